The number of hydrogen-bond acceptors (Lipinski definition) is 4. The number of anilines is 3. The van der Waals surface area contributed by atoms with E-state index in [4.69, 9.17) is 9.15 Å². The summed E-state index contributed by atoms with van der Waals surface area (Å²) in [6.45, 7) is 4.04. The van der Waals surface area contributed by atoms with Crippen LogP contribution in [0.2, 0.25) is 0 Å². The molecule has 0 amide bonds. The first kappa shape index (κ1) is 17.1. The molecular formula is C23H19NO3S. The van der Waals surface area contributed by atoms with E-state index in [0.717, 1.165) is 44.1 Å². The van der Waals surface area contributed by atoms with Crippen LogP contribution in [0.5, 0.6) is 5.75 Å². The van der Waals surface area contributed by atoms with Crippen LogP contribution < -0.4 is 9.64 Å². The van der Waals surface area contributed by atoms with Gasteiger partial charge in [0.15, 0.2) is 0 Å². The van der Waals surface area contributed by atoms with Gasteiger partial charge in [0, 0.05) is 5.39 Å². The molecule has 28 heavy (non-hydrogen) atoms. The van der Waals surface area contributed by atoms with Crippen molar-refractivity contribution in [1.29, 1.82) is 0 Å². The molecule has 2 heterocycles. The van der Waals surface area contributed by atoms with Crippen molar-refractivity contribution in [2.45, 2.75) is 23.6 Å². The van der Waals surface area contributed by atoms with Crippen molar-refractivity contribution in [1.82, 2.24) is 0 Å². The van der Waals surface area contributed by atoms with Crippen molar-refractivity contribution in [3.05, 3.63) is 71.8 Å². The quantitative estimate of drug-likeness (QED) is 0.371. The molecule has 1 aromatic heterocycles. The molecule has 1 unspecified atom stereocenters. The van der Waals surface area contributed by atoms with E-state index in [2.05, 4.69) is 0 Å². The maximum absolute atomic E-state index is 13.6. The number of furan rings is 1. The molecule has 140 valence electrons. The van der Waals surface area contributed by atoms with Gasteiger partial charge in [-0.05, 0) is 55.8 Å². The monoisotopic (exact) mass is 389 g/mol. The maximum Gasteiger partial charge on any atom is 0.222 e. The Bertz CT molecular complexity index is 1260. The van der Waals surface area contributed by atoms with Crippen LogP contribution in [0.3, 0.4) is 0 Å². The first-order chi connectivity index (χ1) is 13.6. The predicted octanol–water partition coefficient (Wildman–Crippen LogP) is 6.01. The van der Waals surface area contributed by atoms with E-state index < -0.39 is 10.8 Å². The number of hydrogen-bond donors (Lipinski definition) is 0. The number of aryl methyl sites for hydroxylation is 2. The summed E-state index contributed by atoms with van der Waals surface area (Å²) < 4.78 is 25.4. The van der Waals surface area contributed by atoms with E-state index >= 15 is 0 Å². The highest BCUT2D eigenvalue weighted by Crippen LogP contribution is 2.52. The molecule has 5 heteroatoms. The SMILES string of the molecule is COc1ccccc1N1c2ccc(C)cc2S(=O)c2c1oc1ccc(C)cc21. The van der Waals surface area contributed by atoms with Crippen LogP contribution in [0.1, 0.15) is 11.1 Å². The van der Waals surface area contributed by atoms with Gasteiger partial charge in [-0.25, -0.2) is 4.21 Å². The number of nitrogens with zero attached hydrogens (tertiary/aromatic N) is 1. The Hall–Kier alpha value is -3.05. The van der Waals surface area contributed by atoms with E-state index in [1.807, 2.05) is 79.4 Å². The second-order valence-electron chi connectivity index (χ2n) is 6.98. The van der Waals surface area contributed by atoms with Crippen molar-refractivity contribution in [3.63, 3.8) is 0 Å². The van der Waals surface area contributed by atoms with Crippen molar-refractivity contribution < 1.29 is 13.4 Å². The smallest absolute Gasteiger partial charge is 0.222 e. The summed E-state index contributed by atoms with van der Waals surface area (Å²) in [5.74, 6) is 1.31. The fourth-order valence-corrected chi connectivity index (χ4v) is 5.24. The Labute approximate surface area is 165 Å². The summed E-state index contributed by atoms with van der Waals surface area (Å²) in [5, 5.41) is 0.889. The number of fused-ring (bicyclic) bond motifs is 4. The molecule has 3 aromatic carbocycles. The molecule has 0 fully saturated rings. The Morgan fingerprint density at radius 2 is 1.68 bits per heavy atom. The third kappa shape index (κ3) is 2.39. The minimum Gasteiger partial charge on any atom is -0.495 e. The molecule has 4 aromatic rings. The van der Waals surface area contributed by atoms with Crippen LogP contribution >= 0.6 is 0 Å². The minimum absolute atomic E-state index is 0.583. The summed E-state index contributed by atoms with van der Waals surface area (Å²) in [4.78, 5) is 3.50. The molecule has 4 nitrogen and oxygen atoms in total. The van der Waals surface area contributed by atoms with Gasteiger partial charge in [-0.1, -0.05) is 29.8 Å². The summed E-state index contributed by atoms with van der Waals surface area (Å²) in [6.07, 6.45) is 0. The Balaban J connectivity index is 1.89. The van der Waals surface area contributed by atoms with Gasteiger partial charge in [-0.15, -0.1) is 0 Å². The number of benzene rings is 3. The van der Waals surface area contributed by atoms with E-state index in [0.29, 0.717) is 10.8 Å². The van der Waals surface area contributed by atoms with Crippen molar-refractivity contribution in [2.24, 2.45) is 0 Å². The third-order valence-corrected chi connectivity index (χ3v) is 6.54. The molecule has 0 saturated heterocycles. The van der Waals surface area contributed by atoms with Crippen LogP contribution in [0.15, 0.2) is 74.9 Å². The van der Waals surface area contributed by atoms with Gasteiger partial charge in [0.05, 0.1) is 34.2 Å². The van der Waals surface area contributed by atoms with E-state index in [-0.39, 0.29) is 0 Å². The predicted molar refractivity (Wildman–Crippen MR) is 112 cm³/mol. The number of rotatable bonds is 2. The molecule has 0 aliphatic carbocycles. The number of para-hydroxylation sites is 2. The average Bonchev–Trinajstić information content (AvgIpc) is 3.07. The first-order valence-electron chi connectivity index (χ1n) is 9.07. The molecule has 1 aliphatic rings. The molecule has 0 saturated carbocycles. The molecule has 0 spiro atoms. The highest BCUT2D eigenvalue weighted by atomic mass is 32.2. The highest BCUT2D eigenvalue weighted by molar-refractivity contribution is 7.85. The van der Waals surface area contributed by atoms with Crippen LogP contribution in [0.4, 0.5) is 17.3 Å². The fraction of sp³-hybridized carbons (Fsp3) is 0.130. The molecule has 1 atom stereocenters. The Kier molecular flexibility index (Phi) is 3.81. The zero-order valence-corrected chi connectivity index (χ0v) is 16.7. The Morgan fingerprint density at radius 3 is 2.50 bits per heavy atom. The molecule has 0 radical (unpaired) electrons. The van der Waals surface area contributed by atoms with Crippen molar-refractivity contribution >= 4 is 39.0 Å². The summed E-state index contributed by atoms with van der Waals surface area (Å²) in [7, 11) is 0.321. The summed E-state index contributed by atoms with van der Waals surface area (Å²) >= 11 is 0. The highest BCUT2D eigenvalue weighted by Gasteiger charge is 2.35. The van der Waals surface area contributed by atoms with Crippen LogP contribution in [0.25, 0.3) is 11.0 Å². The van der Waals surface area contributed by atoms with E-state index in [9.17, 15) is 4.21 Å². The zero-order chi connectivity index (χ0) is 19.4. The third-order valence-electron chi connectivity index (χ3n) is 5.05. The van der Waals surface area contributed by atoms with Gasteiger partial charge >= 0.3 is 0 Å². The normalized spacial score (nSPS) is 15.4. The molecule has 5 rings (SSSR count). The van der Waals surface area contributed by atoms with Crippen molar-refractivity contribution in [2.75, 3.05) is 12.0 Å². The lowest BCUT2D eigenvalue weighted by Crippen LogP contribution is -2.19. The van der Waals surface area contributed by atoms with Gasteiger partial charge in [-0.2, -0.15) is 0 Å². The van der Waals surface area contributed by atoms with Gasteiger partial charge in [-0.3, -0.25) is 4.90 Å². The topological polar surface area (TPSA) is 42.7 Å². The molecular weight excluding hydrogens is 370 g/mol. The number of ether oxygens (including phenoxy) is 1. The van der Waals surface area contributed by atoms with Crippen LogP contribution in [-0.2, 0) is 10.8 Å². The lowest BCUT2D eigenvalue weighted by molar-refractivity contribution is 0.415. The van der Waals surface area contributed by atoms with Gasteiger partial charge in [0.2, 0.25) is 5.88 Å². The van der Waals surface area contributed by atoms with E-state index in [1.165, 1.54) is 0 Å². The summed E-state index contributed by atoms with van der Waals surface area (Å²) in [6, 6.07) is 19.8. The van der Waals surface area contributed by atoms with E-state index in [1.54, 1.807) is 7.11 Å². The fourth-order valence-electron chi connectivity index (χ4n) is 3.73. The summed E-state index contributed by atoms with van der Waals surface area (Å²) in [5.41, 5.74) is 4.60. The first-order valence-corrected chi connectivity index (χ1v) is 10.2. The maximum atomic E-state index is 13.6. The van der Waals surface area contributed by atoms with Crippen molar-refractivity contribution in [3.8, 4) is 5.75 Å². The second-order valence-corrected chi connectivity index (χ2v) is 8.37. The van der Waals surface area contributed by atoms with Crippen LogP contribution in [-0.4, -0.2) is 11.3 Å². The molecule has 0 bridgehead atoms. The van der Waals surface area contributed by atoms with Gasteiger partial charge in [0.25, 0.3) is 0 Å². The van der Waals surface area contributed by atoms with Gasteiger partial charge < -0.3 is 9.15 Å². The lowest BCUT2D eigenvalue weighted by atomic mass is 10.1. The largest absolute Gasteiger partial charge is 0.495 e. The Morgan fingerprint density at radius 1 is 0.929 bits per heavy atom. The standard InChI is InChI=1S/C23H19NO3S/c1-14-9-11-19-16(12-14)22-23(27-19)24(17-6-4-5-7-20(17)26-3)18-10-8-15(2)13-21(18)28(22)25/h4-13H,1-3H3. The van der Waals surface area contributed by atoms with Gasteiger partial charge in [0.1, 0.15) is 16.2 Å². The lowest BCUT2D eigenvalue weighted by Gasteiger charge is -2.30. The molecule has 0 N–H and O–H groups in total. The zero-order valence-electron chi connectivity index (χ0n) is 15.9. The van der Waals surface area contributed by atoms with Crippen LogP contribution in [0, 0.1) is 13.8 Å². The average molecular weight is 389 g/mol. The minimum atomic E-state index is -1.33. The molecule has 1 aliphatic heterocycles. The second kappa shape index (κ2) is 6.24. The number of methoxy groups -OCH3 is 1.